The van der Waals surface area contributed by atoms with Crippen molar-refractivity contribution >= 4 is 39.1 Å². The van der Waals surface area contributed by atoms with E-state index in [-0.39, 0.29) is 11.8 Å². The van der Waals surface area contributed by atoms with Crippen LogP contribution in [0, 0.1) is 13.8 Å². The van der Waals surface area contributed by atoms with E-state index in [4.69, 9.17) is 4.74 Å². The van der Waals surface area contributed by atoms with Gasteiger partial charge >= 0.3 is 0 Å². The van der Waals surface area contributed by atoms with Crippen LogP contribution in [0.2, 0.25) is 0 Å². The third-order valence-electron chi connectivity index (χ3n) is 4.14. The summed E-state index contributed by atoms with van der Waals surface area (Å²) < 4.78 is 6.70. The van der Waals surface area contributed by atoms with E-state index in [2.05, 4.69) is 37.6 Å². The van der Waals surface area contributed by atoms with Crippen molar-refractivity contribution in [2.75, 3.05) is 13.1 Å². The summed E-state index contributed by atoms with van der Waals surface area (Å²) in [4.78, 5) is 28.6. The number of halogens is 1. The number of aryl methyl sites for hydroxylation is 2. The van der Waals surface area contributed by atoms with E-state index in [0.717, 1.165) is 26.4 Å². The average Bonchev–Trinajstić information content (AvgIpc) is 3.18. The first kappa shape index (κ1) is 22.0. The van der Waals surface area contributed by atoms with E-state index in [1.54, 1.807) is 29.6 Å². The Labute approximate surface area is 187 Å². The van der Waals surface area contributed by atoms with Gasteiger partial charge in [-0.1, -0.05) is 22.0 Å². The fourth-order valence-corrected chi connectivity index (χ4v) is 3.74. The maximum Gasteiger partial charge on any atom is 0.270 e. The maximum atomic E-state index is 12.2. The molecular weight excluding hydrogens is 466 g/mol. The van der Waals surface area contributed by atoms with Gasteiger partial charge in [-0.25, -0.2) is 4.98 Å². The predicted octanol–water partition coefficient (Wildman–Crippen LogP) is 4.26. The first-order valence-electron chi connectivity index (χ1n) is 9.38. The molecule has 2 aromatic carbocycles. The van der Waals surface area contributed by atoms with E-state index in [1.807, 2.05) is 26.0 Å². The van der Waals surface area contributed by atoms with Crippen molar-refractivity contribution < 1.29 is 14.3 Å². The van der Waals surface area contributed by atoms with Crippen LogP contribution in [0.15, 0.2) is 52.3 Å². The van der Waals surface area contributed by atoms with Gasteiger partial charge in [-0.3, -0.25) is 9.59 Å². The smallest absolute Gasteiger partial charge is 0.270 e. The van der Waals surface area contributed by atoms with Gasteiger partial charge < -0.3 is 15.4 Å². The van der Waals surface area contributed by atoms with Crippen LogP contribution in [-0.2, 0) is 6.61 Å². The molecule has 0 radical (unpaired) electrons. The molecule has 156 valence electrons. The summed E-state index contributed by atoms with van der Waals surface area (Å²) in [5.74, 6) is 0.327. The highest BCUT2D eigenvalue weighted by atomic mass is 79.9. The molecule has 0 aliphatic rings. The molecule has 6 nitrogen and oxygen atoms in total. The third kappa shape index (κ3) is 6.40. The van der Waals surface area contributed by atoms with Crippen LogP contribution in [0.3, 0.4) is 0 Å². The molecule has 1 aromatic heterocycles. The fourth-order valence-electron chi connectivity index (χ4n) is 2.79. The molecule has 2 N–H and O–H groups in total. The van der Waals surface area contributed by atoms with Gasteiger partial charge in [0.1, 0.15) is 23.1 Å². The maximum absolute atomic E-state index is 12.2. The lowest BCUT2D eigenvalue weighted by Crippen LogP contribution is -2.34. The second kappa shape index (κ2) is 10.4. The molecule has 0 bridgehead atoms. The summed E-state index contributed by atoms with van der Waals surface area (Å²) in [5, 5.41) is 7.96. The number of hydrogen-bond acceptors (Lipinski definition) is 5. The minimum Gasteiger partial charge on any atom is -0.486 e. The highest BCUT2D eigenvalue weighted by molar-refractivity contribution is 9.10. The first-order valence-corrected chi connectivity index (χ1v) is 11.1. The molecular formula is C22H22BrN3O3S. The van der Waals surface area contributed by atoms with E-state index in [0.29, 0.717) is 31.0 Å². The normalized spacial score (nSPS) is 10.5. The lowest BCUT2D eigenvalue weighted by atomic mass is 10.1. The van der Waals surface area contributed by atoms with Gasteiger partial charge in [0.15, 0.2) is 0 Å². The van der Waals surface area contributed by atoms with E-state index in [9.17, 15) is 9.59 Å². The molecule has 2 amide bonds. The minimum absolute atomic E-state index is 0.184. The van der Waals surface area contributed by atoms with Crippen molar-refractivity contribution in [3.63, 3.8) is 0 Å². The lowest BCUT2D eigenvalue weighted by Gasteiger charge is -2.07. The summed E-state index contributed by atoms with van der Waals surface area (Å²) >= 11 is 4.71. The van der Waals surface area contributed by atoms with E-state index >= 15 is 0 Å². The Balaban J connectivity index is 1.42. The summed E-state index contributed by atoms with van der Waals surface area (Å²) in [7, 11) is 0. The number of rotatable bonds is 8. The van der Waals surface area contributed by atoms with Gasteiger partial charge in [0.25, 0.3) is 11.8 Å². The topological polar surface area (TPSA) is 80.3 Å². The standard InChI is InChI=1S/C22H22BrN3O3S/c1-14-9-15(2)11-18(10-14)29-12-20-26-19(13-30-20)22(28)25-8-7-24-21(27)16-3-5-17(23)6-4-16/h3-6,9-11,13H,7-8,12H2,1-2H3,(H,24,27)(H,25,28). The molecule has 0 spiro atoms. The van der Waals surface area contributed by atoms with Crippen LogP contribution >= 0.6 is 27.3 Å². The number of carbonyl (C=O) groups is 2. The highest BCUT2D eigenvalue weighted by Gasteiger charge is 2.11. The molecule has 0 unspecified atom stereocenters. The van der Waals surface area contributed by atoms with E-state index in [1.165, 1.54) is 11.3 Å². The quantitative estimate of drug-likeness (QED) is 0.465. The number of nitrogens with zero attached hydrogens (tertiary/aromatic N) is 1. The molecule has 0 saturated carbocycles. The van der Waals surface area contributed by atoms with Crippen molar-refractivity contribution in [1.29, 1.82) is 0 Å². The average molecular weight is 488 g/mol. The number of benzene rings is 2. The van der Waals surface area contributed by atoms with Gasteiger partial charge in [-0.2, -0.15) is 0 Å². The van der Waals surface area contributed by atoms with Crippen LogP contribution in [0.5, 0.6) is 5.75 Å². The summed E-state index contributed by atoms with van der Waals surface area (Å²) in [6.45, 7) is 4.99. The van der Waals surface area contributed by atoms with Gasteiger partial charge in [-0.15, -0.1) is 11.3 Å². The summed E-state index contributed by atoms with van der Waals surface area (Å²) in [5.41, 5.74) is 3.18. The Kier molecular flexibility index (Phi) is 7.59. The molecule has 0 atom stereocenters. The van der Waals surface area contributed by atoms with Gasteiger partial charge in [0, 0.05) is 28.5 Å². The zero-order valence-corrected chi connectivity index (χ0v) is 19.1. The number of thiazole rings is 1. The first-order chi connectivity index (χ1) is 14.4. The second-order valence-corrected chi connectivity index (χ2v) is 8.62. The number of nitrogens with one attached hydrogen (secondary N) is 2. The second-order valence-electron chi connectivity index (χ2n) is 6.76. The highest BCUT2D eigenvalue weighted by Crippen LogP contribution is 2.19. The molecule has 0 saturated heterocycles. The number of aromatic nitrogens is 1. The largest absolute Gasteiger partial charge is 0.486 e. The number of ether oxygens (including phenoxy) is 1. The Morgan fingerprint density at radius 2 is 1.63 bits per heavy atom. The van der Waals surface area contributed by atoms with E-state index < -0.39 is 0 Å². The molecule has 30 heavy (non-hydrogen) atoms. The summed E-state index contributed by atoms with van der Waals surface area (Å²) in [6.07, 6.45) is 0. The number of hydrogen-bond donors (Lipinski definition) is 2. The summed E-state index contributed by atoms with van der Waals surface area (Å²) in [6, 6.07) is 13.1. The van der Waals surface area contributed by atoms with Crippen LogP contribution in [0.25, 0.3) is 0 Å². The van der Waals surface area contributed by atoms with Crippen molar-refractivity contribution in [3.05, 3.63) is 79.7 Å². The predicted molar refractivity (Wildman–Crippen MR) is 121 cm³/mol. The van der Waals surface area contributed by atoms with Crippen LogP contribution in [0.4, 0.5) is 0 Å². The lowest BCUT2D eigenvalue weighted by molar-refractivity contribution is 0.0925. The Morgan fingerprint density at radius 1 is 1.00 bits per heavy atom. The van der Waals surface area contributed by atoms with Gasteiger partial charge in [-0.05, 0) is 61.4 Å². The SMILES string of the molecule is Cc1cc(C)cc(OCc2nc(C(=O)NCCNC(=O)c3ccc(Br)cc3)cs2)c1. The number of amides is 2. The van der Waals surface area contributed by atoms with Crippen molar-refractivity contribution in [2.24, 2.45) is 0 Å². The fraction of sp³-hybridized carbons (Fsp3) is 0.227. The van der Waals surface area contributed by atoms with Crippen molar-refractivity contribution in [3.8, 4) is 5.75 Å². The minimum atomic E-state index is -0.276. The molecule has 0 fully saturated rings. The van der Waals surface area contributed by atoms with Crippen LogP contribution in [-0.4, -0.2) is 29.9 Å². The third-order valence-corrected chi connectivity index (χ3v) is 5.50. The van der Waals surface area contributed by atoms with Crippen molar-refractivity contribution in [1.82, 2.24) is 15.6 Å². The Hall–Kier alpha value is -2.71. The molecule has 3 rings (SSSR count). The molecule has 0 aliphatic carbocycles. The molecule has 1 heterocycles. The Morgan fingerprint density at radius 3 is 2.30 bits per heavy atom. The van der Waals surface area contributed by atoms with Crippen molar-refractivity contribution in [2.45, 2.75) is 20.5 Å². The molecule has 8 heteroatoms. The van der Waals surface area contributed by atoms with Gasteiger partial charge in [0.2, 0.25) is 0 Å². The molecule has 0 aliphatic heterocycles. The zero-order chi connectivity index (χ0) is 21.5. The number of carbonyl (C=O) groups excluding carboxylic acids is 2. The van der Waals surface area contributed by atoms with Crippen LogP contribution in [0.1, 0.15) is 37.0 Å². The zero-order valence-electron chi connectivity index (χ0n) is 16.7. The monoisotopic (exact) mass is 487 g/mol. The molecule has 3 aromatic rings. The van der Waals surface area contributed by atoms with Crippen LogP contribution < -0.4 is 15.4 Å². The Bertz CT molecular complexity index is 1010. The van der Waals surface area contributed by atoms with Gasteiger partial charge in [0.05, 0.1) is 0 Å².